The standard InChI is InChI=1S/C38H32N10O4S2/c1-21-16-28(30(19-39-21)34(50)42-36-44-46-38(52-4)54-36)25-6-5-7-31-26(25)12-15-48(31)14-11-24-18-27(23-9-8-22-10-13-47(2)32(22)17-23)29(20-40-24)33(49)41-35-43-45-37(51-3)53-35/h5-10,12-13,15-20H,11,14H2,1-4H3,(H,41,43,49)(H,42,44,50). The first-order valence-electron chi connectivity index (χ1n) is 16.7. The summed E-state index contributed by atoms with van der Waals surface area (Å²) in [4.78, 5) is 36.3. The Kier molecular flexibility index (Phi) is 9.27. The predicted octanol–water partition coefficient (Wildman–Crippen LogP) is 7.03. The zero-order valence-electron chi connectivity index (χ0n) is 29.5. The molecule has 0 aliphatic rings. The van der Waals surface area contributed by atoms with E-state index in [0.717, 1.165) is 78.1 Å². The molecule has 2 N–H and O–H groups in total. The molecule has 0 aliphatic carbocycles. The molecule has 0 unspecified atom stereocenters. The van der Waals surface area contributed by atoms with Gasteiger partial charge in [-0.1, -0.05) is 34.5 Å². The minimum atomic E-state index is -0.346. The van der Waals surface area contributed by atoms with E-state index in [2.05, 4.69) is 75.5 Å². The average molecular weight is 757 g/mol. The molecule has 0 fully saturated rings. The van der Waals surface area contributed by atoms with Crippen molar-refractivity contribution < 1.29 is 19.1 Å². The summed E-state index contributed by atoms with van der Waals surface area (Å²) >= 11 is 2.28. The first-order chi connectivity index (χ1) is 26.3. The van der Waals surface area contributed by atoms with E-state index >= 15 is 0 Å². The van der Waals surface area contributed by atoms with Gasteiger partial charge in [0.2, 0.25) is 10.3 Å². The third kappa shape index (κ3) is 6.75. The summed E-state index contributed by atoms with van der Waals surface area (Å²) < 4.78 is 14.5. The van der Waals surface area contributed by atoms with Crippen molar-refractivity contribution in [1.82, 2.24) is 39.5 Å². The maximum Gasteiger partial charge on any atom is 0.295 e. The van der Waals surface area contributed by atoms with Gasteiger partial charge in [0.25, 0.3) is 22.2 Å². The van der Waals surface area contributed by atoms with Crippen LogP contribution in [0, 0.1) is 6.92 Å². The van der Waals surface area contributed by atoms with Gasteiger partial charge in [0, 0.05) is 72.6 Å². The molecular weight excluding hydrogens is 725 g/mol. The summed E-state index contributed by atoms with van der Waals surface area (Å²) in [7, 11) is 5.00. The molecule has 8 rings (SSSR count). The molecule has 2 amide bonds. The van der Waals surface area contributed by atoms with E-state index in [1.165, 1.54) is 14.2 Å². The second-order valence-corrected chi connectivity index (χ2v) is 14.2. The van der Waals surface area contributed by atoms with E-state index in [-0.39, 0.29) is 11.8 Å². The SMILES string of the molecule is COc1nnc(NC(=O)c2cnc(CCn3ccc4c(-c5cc(C)ncc5C(=O)Nc5nnc(OC)s5)cccc43)cc2-c2ccc3ccn(C)c3c2)s1. The molecule has 0 atom stereocenters. The number of aromatic nitrogens is 8. The molecule has 270 valence electrons. The minimum Gasteiger partial charge on any atom is -0.472 e. The van der Waals surface area contributed by atoms with Gasteiger partial charge in [-0.05, 0) is 93.6 Å². The van der Waals surface area contributed by atoms with Crippen molar-refractivity contribution in [2.45, 2.75) is 19.9 Å². The van der Waals surface area contributed by atoms with Crippen molar-refractivity contribution in [3.8, 4) is 32.6 Å². The molecule has 14 nitrogen and oxygen atoms in total. The topological polar surface area (TPSA) is 164 Å². The lowest BCUT2D eigenvalue weighted by Gasteiger charge is -2.13. The van der Waals surface area contributed by atoms with Crippen LogP contribution in [0.2, 0.25) is 0 Å². The van der Waals surface area contributed by atoms with Crippen LogP contribution < -0.4 is 20.1 Å². The van der Waals surface area contributed by atoms with Crippen LogP contribution in [0.25, 0.3) is 44.1 Å². The second-order valence-electron chi connectivity index (χ2n) is 12.4. The molecule has 0 radical (unpaired) electrons. The highest BCUT2D eigenvalue weighted by atomic mass is 32.1. The predicted molar refractivity (Wildman–Crippen MR) is 209 cm³/mol. The molecular formula is C38H32N10O4S2. The molecule has 0 saturated heterocycles. The van der Waals surface area contributed by atoms with Gasteiger partial charge in [-0.2, -0.15) is 0 Å². The number of amides is 2. The molecule has 2 aromatic carbocycles. The largest absolute Gasteiger partial charge is 0.472 e. The molecule has 6 aromatic heterocycles. The van der Waals surface area contributed by atoms with E-state index in [1.807, 2.05) is 56.7 Å². The number of aryl methyl sites for hydroxylation is 4. The number of fused-ring (bicyclic) bond motifs is 2. The van der Waals surface area contributed by atoms with E-state index in [0.29, 0.717) is 44.7 Å². The number of pyridine rings is 2. The summed E-state index contributed by atoms with van der Waals surface area (Å²) in [5.74, 6) is -0.692. The molecule has 8 aromatic rings. The first kappa shape index (κ1) is 34.6. The van der Waals surface area contributed by atoms with Crippen LogP contribution in [0.1, 0.15) is 32.1 Å². The minimum absolute atomic E-state index is 0.329. The average Bonchev–Trinajstić information content (AvgIpc) is 4.01. The van der Waals surface area contributed by atoms with Gasteiger partial charge in [0.15, 0.2) is 0 Å². The third-order valence-electron chi connectivity index (χ3n) is 9.01. The van der Waals surface area contributed by atoms with E-state index < -0.39 is 0 Å². The van der Waals surface area contributed by atoms with Crippen molar-refractivity contribution in [2.24, 2.45) is 7.05 Å². The Morgan fingerprint density at radius 1 is 0.741 bits per heavy atom. The quantitative estimate of drug-likeness (QED) is 0.140. The maximum absolute atomic E-state index is 13.6. The zero-order valence-corrected chi connectivity index (χ0v) is 31.2. The highest BCUT2D eigenvalue weighted by molar-refractivity contribution is 7.17. The Morgan fingerprint density at radius 3 is 2.15 bits per heavy atom. The monoisotopic (exact) mass is 756 g/mol. The number of anilines is 2. The molecule has 54 heavy (non-hydrogen) atoms. The number of carbonyl (C=O) groups is 2. The smallest absolute Gasteiger partial charge is 0.295 e. The van der Waals surface area contributed by atoms with Gasteiger partial charge in [0.1, 0.15) is 0 Å². The highest BCUT2D eigenvalue weighted by Gasteiger charge is 2.20. The Morgan fingerprint density at radius 2 is 1.44 bits per heavy atom. The fraction of sp³-hybridized carbons (Fsp3) is 0.158. The Hall–Kier alpha value is -6.52. The van der Waals surface area contributed by atoms with Crippen molar-refractivity contribution >= 4 is 66.6 Å². The van der Waals surface area contributed by atoms with E-state index in [1.54, 1.807) is 12.4 Å². The van der Waals surface area contributed by atoms with E-state index in [4.69, 9.17) is 14.5 Å². The number of benzene rings is 2. The molecule has 0 aliphatic heterocycles. The van der Waals surface area contributed by atoms with Crippen molar-refractivity contribution in [1.29, 1.82) is 0 Å². The number of carbonyl (C=O) groups excluding carboxylic acids is 2. The van der Waals surface area contributed by atoms with Gasteiger partial charge in [-0.15, -0.1) is 10.2 Å². The van der Waals surface area contributed by atoms with Crippen LogP contribution in [0.3, 0.4) is 0 Å². The number of nitrogens with zero attached hydrogens (tertiary/aromatic N) is 8. The van der Waals surface area contributed by atoms with Crippen molar-refractivity contribution in [3.63, 3.8) is 0 Å². The van der Waals surface area contributed by atoms with Gasteiger partial charge in [-0.25, -0.2) is 0 Å². The molecule has 0 saturated carbocycles. The van der Waals surface area contributed by atoms with Crippen LogP contribution in [0.15, 0.2) is 85.5 Å². The van der Waals surface area contributed by atoms with Gasteiger partial charge in [-0.3, -0.25) is 30.2 Å². The highest BCUT2D eigenvalue weighted by Crippen LogP contribution is 2.34. The third-order valence-corrected chi connectivity index (χ3v) is 10.6. The number of methoxy groups -OCH3 is 2. The summed E-state index contributed by atoms with van der Waals surface area (Å²) in [5.41, 5.74) is 7.77. The Bertz CT molecular complexity index is 2700. The number of ether oxygens (including phenoxy) is 2. The Balaban J connectivity index is 1.09. The summed E-state index contributed by atoms with van der Waals surface area (Å²) in [6, 6.07) is 20.2. The Labute approximate surface area is 316 Å². The maximum atomic E-state index is 13.6. The van der Waals surface area contributed by atoms with E-state index in [9.17, 15) is 9.59 Å². The lowest BCUT2D eigenvalue weighted by Crippen LogP contribution is -2.14. The second kappa shape index (κ2) is 14.5. The van der Waals surface area contributed by atoms with Crippen LogP contribution >= 0.6 is 22.7 Å². The van der Waals surface area contributed by atoms with Crippen molar-refractivity contribution in [2.75, 3.05) is 24.9 Å². The van der Waals surface area contributed by atoms with Gasteiger partial charge >= 0.3 is 0 Å². The van der Waals surface area contributed by atoms with Gasteiger partial charge in [0.05, 0.1) is 25.3 Å². The number of rotatable bonds is 11. The number of hydrogen-bond donors (Lipinski definition) is 2. The molecule has 16 heteroatoms. The van der Waals surface area contributed by atoms with Crippen LogP contribution in [0.4, 0.5) is 10.3 Å². The molecule has 6 heterocycles. The number of nitrogens with one attached hydrogen (secondary N) is 2. The summed E-state index contributed by atoms with van der Waals surface area (Å²) in [6.45, 7) is 2.52. The lowest BCUT2D eigenvalue weighted by atomic mass is 9.97. The first-order valence-corrected chi connectivity index (χ1v) is 18.4. The molecule has 0 bridgehead atoms. The normalized spacial score (nSPS) is 11.3. The lowest BCUT2D eigenvalue weighted by molar-refractivity contribution is 0.101. The summed E-state index contributed by atoms with van der Waals surface area (Å²) in [6.07, 6.45) is 7.85. The van der Waals surface area contributed by atoms with Crippen LogP contribution in [-0.4, -0.2) is 65.5 Å². The fourth-order valence-corrected chi connectivity index (χ4v) is 7.46. The fourth-order valence-electron chi connectivity index (χ4n) is 6.35. The number of hydrogen-bond acceptors (Lipinski definition) is 12. The van der Waals surface area contributed by atoms with Gasteiger partial charge < -0.3 is 18.6 Å². The van der Waals surface area contributed by atoms with Crippen LogP contribution in [0.5, 0.6) is 10.4 Å². The summed E-state index contributed by atoms with van der Waals surface area (Å²) in [5, 5.41) is 25.0. The van der Waals surface area contributed by atoms with Crippen LogP contribution in [-0.2, 0) is 20.0 Å². The molecule has 0 spiro atoms. The van der Waals surface area contributed by atoms with Crippen molar-refractivity contribution in [3.05, 3.63) is 108 Å². The zero-order chi connectivity index (χ0) is 37.3.